The Bertz CT molecular complexity index is 1930. The number of rotatable bonds is 20. The van der Waals surface area contributed by atoms with Crippen LogP contribution in [0.1, 0.15) is 81.8 Å². The zero-order chi connectivity index (χ0) is 40.6. The lowest BCUT2D eigenvalue weighted by molar-refractivity contribution is -0.258. The first-order chi connectivity index (χ1) is 28.3. The third-order valence-corrected chi connectivity index (χ3v) is 12.8. The molecule has 1 heterocycles. The summed E-state index contributed by atoms with van der Waals surface area (Å²) in [5.41, 5.74) is 3.52. The highest BCUT2D eigenvalue weighted by atomic mass is 32.2. The highest BCUT2D eigenvalue weighted by Gasteiger charge is 2.66. The minimum Gasteiger partial charge on any atom is -0.459 e. The van der Waals surface area contributed by atoms with Gasteiger partial charge in [0.15, 0.2) is 0 Å². The number of oxime groups is 1. The topological polar surface area (TPSA) is 110 Å². The highest BCUT2D eigenvalue weighted by molar-refractivity contribution is 7.98. The summed E-state index contributed by atoms with van der Waals surface area (Å²) in [5, 5.41) is 24.6. The maximum atomic E-state index is 14.6. The molecule has 9 nitrogen and oxygen atoms in total. The van der Waals surface area contributed by atoms with Gasteiger partial charge in [-0.2, -0.15) is 0 Å². The van der Waals surface area contributed by atoms with Crippen LogP contribution in [0.5, 0.6) is 17.2 Å². The van der Waals surface area contributed by atoms with Crippen molar-refractivity contribution in [2.45, 2.75) is 93.9 Å². The van der Waals surface area contributed by atoms with E-state index in [9.17, 15) is 19.4 Å². The smallest absolute Gasteiger partial charge is 0.239 e. The van der Waals surface area contributed by atoms with Gasteiger partial charge in [0.2, 0.25) is 11.7 Å². The van der Waals surface area contributed by atoms with Crippen molar-refractivity contribution in [2.75, 3.05) is 32.7 Å². The molecule has 0 aromatic heterocycles. The monoisotopic (exact) mass is 812 g/mol. The fourth-order valence-corrected chi connectivity index (χ4v) is 9.74. The molecule has 0 bridgehead atoms. The summed E-state index contributed by atoms with van der Waals surface area (Å²) in [6, 6.07) is 19.7. The number of allylic oxidation sites excluding steroid dienone is 1. The number of carbonyl (C=O) groups is 1. The lowest BCUT2D eigenvalue weighted by Crippen LogP contribution is -2.70. The number of amides is 1. The predicted octanol–water partition coefficient (Wildman–Crippen LogP) is 9.43. The standard InChI is InChI=1S/C47H57FN2O7S/c1-4-26-54-47-43(50(46(53)32-14-15-32)30-31-12-16-34(48)17-13-31)29-41(49-55-5-2)39-27-33(10-6-8-24-51)38(11-7-9-25-52)44(45(39)47)40-28-36(20-23-42(40)57-47)56-35-18-21-37(58-3)22-19-35/h4,12-13,16-23,27-28,32-33,38,43-45,51-52H,1,5-11,14-15,24-26,29-30H2,2-3H3. The van der Waals surface area contributed by atoms with Crippen LogP contribution in [-0.4, -0.2) is 71.2 Å². The van der Waals surface area contributed by atoms with E-state index in [-0.39, 0.29) is 61.8 Å². The van der Waals surface area contributed by atoms with E-state index in [1.54, 1.807) is 30.0 Å². The minimum absolute atomic E-state index is 0.0125. The summed E-state index contributed by atoms with van der Waals surface area (Å²) in [7, 11) is 0. The summed E-state index contributed by atoms with van der Waals surface area (Å²) in [4.78, 5) is 23.6. The first-order valence-electron chi connectivity index (χ1n) is 20.9. The Labute approximate surface area is 346 Å². The Morgan fingerprint density at radius 1 is 1.02 bits per heavy atom. The molecule has 1 aliphatic heterocycles. The molecule has 2 fully saturated rings. The molecule has 11 heteroatoms. The van der Waals surface area contributed by atoms with Gasteiger partial charge in [-0.25, -0.2) is 4.39 Å². The van der Waals surface area contributed by atoms with E-state index in [1.165, 1.54) is 12.1 Å². The fourth-order valence-electron chi connectivity index (χ4n) is 9.33. The molecule has 2 saturated carbocycles. The minimum atomic E-state index is -1.37. The molecule has 58 heavy (non-hydrogen) atoms. The van der Waals surface area contributed by atoms with Gasteiger partial charge >= 0.3 is 0 Å². The number of nitrogens with zero attached hydrogens (tertiary/aromatic N) is 2. The predicted molar refractivity (Wildman–Crippen MR) is 225 cm³/mol. The van der Waals surface area contributed by atoms with Gasteiger partial charge < -0.3 is 34.2 Å². The Hall–Kier alpha value is -4.16. The number of thioether (sulfide) groups is 1. The quantitative estimate of drug-likeness (QED) is 0.0503. The van der Waals surface area contributed by atoms with Crippen molar-refractivity contribution in [3.8, 4) is 17.2 Å². The summed E-state index contributed by atoms with van der Waals surface area (Å²) in [6.45, 7) is 6.94. The molecule has 6 unspecified atom stereocenters. The van der Waals surface area contributed by atoms with Crippen LogP contribution in [0.3, 0.4) is 0 Å². The van der Waals surface area contributed by atoms with E-state index < -0.39 is 17.7 Å². The molecule has 7 rings (SSSR count). The molecule has 3 aliphatic carbocycles. The Morgan fingerprint density at radius 3 is 2.41 bits per heavy atom. The second-order valence-electron chi connectivity index (χ2n) is 15.8. The number of hydrogen-bond acceptors (Lipinski definition) is 9. The van der Waals surface area contributed by atoms with Crippen molar-refractivity contribution >= 4 is 23.4 Å². The molecular formula is C47H57FN2O7S. The number of fused-ring (bicyclic) bond motifs is 2. The van der Waals surface area contributed by atoms with Gasteiger partial charge in [0.25, 0.3) is 0 Å². The van der Waals surface area contributed by atoms with E-state index in [2.05, 4.69) is 18.7 Å². The molecule has 0 spiro atoms. The van der Waals surface area contributed by atoms with Gasteiger partial charge in [0.1, 0.15) is 35.7 Å². The van der Waals surface area contributed by atoms with Crippen LogP contribution in [0.15, 0.2) is 101 Å². The lowest BCUT2D eigenvalue weighted by atomic mass is 9.55. The van der Waals surface area contributed by atoms with Crippen molar-refractivity contribution in [1.82, 2.24) is 4.90 Å². The number of carbonyl (C=O) groups excluding carboxylic acids is 1. The molecule has 3 aromatic rings. The number of aliphatic hydroxyl groups excluding tert-OH is 2. The average molecular weight is 813 g/mol. The molecule has 0 radical (unpaired) electrons. The third kappa shape index (κ3) is 9.03. The molecule has 6 atom stereocenters. The van der Waals surface area contributed by atoms with Crippen LogP contribution in [-0.2, 0) is 20.9 Å². The summed E-state index contributed by atoms with van der Waals surface area (Å²) in [6.07, 6.45) is 12.7. The molecule has 310 valence electrons. The van der Waals surface area contributed by atoms with E-state index in [1.807, 2.05) is 54.5 Å². The number of hydrogen-bond donors (Lipinski definition) is 2. The Morgan fingerprint density at radius 2 is 1.74 bits per heavy atom. The van der Waals surface area contributed by atoms with E-state index in [4.69, 9.17) is 24.2 Å². The number of ether oxygens (including phenoxy) is 3. The van der Waals surface area contributed by atoms with Crippen LogP contribution in [0.2, 0.25) is 0 Å². The fraction of sp³-hybridized carbons (Fsp3) is 0.489. The largest absolute Gasteiger partial charge is 0.459 e. The Kier molecular flexibility index (Phi) is 13.9. The summed E-state index contributed by atoms with van der Waals surface area (Å²) >= 11 is 1.67. The van der Waals surface area contributed by atoms with Crippen LogP contribution >= 0.6 is 11.8 Å². The van der Waals surface area contributed by atoms with Crippen molar-refractivity contribution < 1.29 is 38.4 Å². The molecule has 4 aliphatic rings. The molecule has 2 N–H and O–H groups in total. The van der Waals surface area contributed by atoms with Crippen molar-refractivity contribution in [1.29, 1.82) is 0 Å². The van der Waals surface area contributed by atoms with Crippen molar-refractivity contribution in [3.05, 3.63) is 108 Å². The second-order valence-corrected chi connectivity index (χ2v) is 16.7. The summed E-state index contributed by atoms with van der Waals surface area (Å²) in [5.74, 6) is -0.154. The number of benzene rings is 3. The first kappa shape index (κ1) is 42.0. The van der Waals surface area contributed by atoms with Crippen LogP contribution in [0, 0.1) is 29.5 Å². The van der Waals surface area contributed by atoms with E-state index >= 15 is 0 Å². The van der Waals surface area contributed by atoms with Gasteiger partial charge in [-0.1, -0.05) is 42.3 Å². The maximum Gasteiger partial charge on any atom is 0.239 e. The number of halogens is 1. The van der Waals surface area contributed by atoms with Crippen LogP contribution in [0.25, 0.3) is 0 Å². The molecular weight excluding hydrogens is 756 g/mol. The third-order valence-electron chi connectivity index (χ3n) is 12.1. The zero-order valence-corrected chi connectivity index (χ0v) is 34.5. The van der Waals surface area contributed by atoms with Gasteiger partial charge in [-0.15, -0.1) is 18.3 Å². The second kappa shape index (κ2) is 19.3. The van der Waals surface area contributed by atoms with Crippen molar-refractivity contribution in [3.63, 3.8) is 0 Å². The van der Waals surface area contributed by atoms with E-state index in [0.29, 0.717) is 37.4 Å². The molecule has 3 aromatic carbocycles. The normalized spacial score (nSPS) is 25.2. The van der Waals surface area contributed by atoms with Gasteiger partial charge in [0.05, 0.1) is 18.2 Å². The SMILES string of the molecule is C=CCOC12Oc3ccc(Oc4ccc(SC)cc4)cc3C3C(CCCCO)C(CCCCO)C=C(C(=NOCC)CC1N(Cc1ccc(F)cc1)C(=O)C1CC1)C32. The Balaban J connectivity index is 1.43. The number of aliphatic hydroxyl groups is 2. The molecule has 1 amide bonds. The lowest BCUT2D eigenvalue weighted by Gasteiger charge is -2.60. The molecule has 0 saturated heterocycles. The first-order valence-corrected chi connectivity index (χ1v) is 22.1. The summed E-state index contributed by atoms with van der Waals surface area (Å²) < 4.78 is 35.2. The van der Waals surface area contributed by atoms with Crippen LogP contribution < -0.4 is 9.47 Å². The average Bonchev–Trinajstić information content (AvgIpc) is 4.10. The van der Waals surface area contributed by atoms with E-state index in [0.717, 1.165) is 71.6 Å². The van der Waals surface area contributed by atoms with Gasteiger partial charge in [0, 0.05) is 48.5 Å². The highest BCUT2D eigenvalue weighted by Crippen LogP contribution is 2.62. The maximum absolute atomic E-state index is 14.6. The van der Waals surface area contributed by atoms with Gasteiger partial charge in [-0.05, 0) is 129 Å². The van der Waals surface area contributed by atoms with Crippen molar-refractivity contribution in [2.24, 2.45) is 28.8 Å². The zero-order valence-electron chi connectivity index (χ0n) is 33.7. The number of unbranched alkanes of at least 4 members (excludes halogenated alkanes) is 2. The van der Waals surface area contributed by atoms with Crippen LogP contribution in [0.4, 0.5) is 4.39 Å². The van der Waals surface area contributed by atoms with Gasteiger partial charge in [-0.3, -0.25) is 4.79 Å².